The summed E-state index contributed by atoms with van der Waals surface area (Å²) in [6.45, 7) is 0.0313. The van der Waals surface area contributed by atoms with Crippen molar-refractivity contribution < 1.29 is 5.11 Å². The molecule has 0 amide bonds. The number of aromatic nitrogens is 1. The fourth-order valence-electron chi connectivity index (χ4n) is 1.56. The molecule has 1 saturated carbocycles. The second-order valence-corrected chi connectivity index (χ2v) is 3.57. The molecule has 1 atom stereocenters. The number of aliphatic hydroxyl groups is 1. The van der Waals surface area contributed by atoms with Crippen molar-refractivity contribution in [2.24, 2.45) is 11.7 Å². The number of rotatable bonds is 3. The predicted octanol–water partition coefficient (Wildman–Crippen LogP) is 0.984. The third kappa shape index (κ3) is 1.71. The van der Waals surface area contributed by atoms with E-state index in [1.165, 1.54) is 12.8 Å². The predicted molar refractivity (Wildman–Crippen MR) is 49.8 cm³/mol. The molecule has 3 heteroatoms. The molecule has 1 aromatic rings. The zero-order chi connectivity index (χ0) is 9.26. The van der Waals surface area contributed by atoms with Crippen LogP contribution in [0.1, 0.15) is 30.1 Å². The molecule has 0 aromatic carbocycles. The van der Waals surface area contributed by atoms with E-state index in [1.54, 1.807) is 6.20 Å². The highest BCUT2D eigenvalue weighted by Crippen LogP contribution is 2.39. The molecule has 0 unspecified atom stereocenters. The van der Waals surface area contributed by atoms with Crippen LogP contribution in [-0.2, 0) is 6.61 Å². The molecule has 2 rings (SSSR count). The lowest BCUT2D eigenvalue weighted by molar-refractivity contribution is 0.278. The smallest absolute Gasteiger partial charge is 0.0700 e. The van der Waals surface area contributed by atoms with Gasteiger partial charge in [0.25, 0.3) is 0 Å². The summed E-state index contributed by atoms with van der Waals surface area (Å²) in [4.78, 5) is 4.23. The van der Waals surface area contributed by atoms with Crippen molar-refractivity contribution in [1.29, 1.82) is 0 Å². The second kappa shape index (κ2) is 3.44. The third-order valence-corrected chi connectivity index (χ3v) is 2.54. The van der Waals surface area contributed by atoms with Gasteiger partial charge < -0.3 is 10.8 Å². The lowest BCUT2D eigenvalue weighted by Gasteiger charge is -2.12. The molecule has 70 valence electrons. The highest BCUT2D eigenvalue weighted by molar-refractivity contribution is 5.23. The minimum Gasteiger partial charge on any atom is -0.392 e. The maximum absolute atomic E-state index is 9.07. The van der Waals surface area contributed by atoms with Gasteiger partial charge in [0, 0.05) is 11.8 Å². The molecule has 0 aliphatic heterocycles. The minimum atomic E-state index is 0.0170. The van der Waals surface area contributed by atoms with E-state index in [0.717, 1.165) is 11.3 Å². The Morgan fingerprint density at radius 1 is 1.62 bits per heavy atom. The highest BCUT2D eigenvalue weighted by Gasteiger charge is 2.31. The van der Waals surface area contributed by atoms with Crippen molar-refractivity contribution >= 4 is 0 Å². The quantitative estimate of drug-likeness (QED) is 0.725. The molecule has 1 aliphatic carbocycles. The van der Waals surface area contributed by atoms with Gasteiger partial charge in [-0.15, -0.1) is 0 Å². The average molecular weight is 178 g/mol. The molecule has 13 heavy (non-hydrogen) atoms. The number of nitrogens with zero attached hydrogens (tertiary/aromatic N) is 1. The minimum absolute atomic E-state index is 0.0170. The Kier molecular flexibility index (Phi) is 2.29. The van der Waals surface area contributed by atoms with Gasteiger partial charge in [-0.3, -0.25) is 4.98 Å². The lowest BCUT2D eigenvalue weighted by atomic mass is 10.0. The molecule has 1 fully saturated rings. The Morgan fingerprint density at radius 3 is 3.00 bits per heavy atom. The van der Waals surface area contributed by atoms with Crippen molar-refractivity contribution in [2.75, 3.05) is 0 Å². The average Bonchev–Trinajstić information content (AvgIpc) is 3.00. The summed E-state index contributed by atoms with van der Waals surface area (Å²) in [5, 5.41) is 9.07. The Bertz CT molecular complexity index is 297. The van der Waals surface area contributed by atoms with Crippen LogP contribution in [0.3, 0.4) is 0 Å². The molecule has 0 saturated heterocycles. The van der Waals surface area contributed by atoms with Gasteiger partial charge in [0.1, 0.15) is 0 Å². The Labute approximate surface area is 77.6 Å². The van der Waals surface area contributed by atoms with Crippen LogP contribution in [0.2, 0.25) is 0 Å². The van der Waals surface area contributed by atoms with E-state index in [-0.39, 0.29) is 12.6 Å². The van der Waals surface area contributed by atoms with E-state index in [1.807, 2.05) is 12.1 Å². The van der Waals surface area contributed by atoms with Crippen LogP contribution < -0.4 is 5.73 Å². The van der Waals surface area contributed by atoms with Crippen LogP contribution in [0, 0.1) is 5.92 Å². The fourth-order valence-corrected chi connectivity index (χ4v) is 1.56. The maximum Gasteiger partial charge on any atom is 0.0700 e. The van der Waals surface area contributed by atoms with Gasteiger partial charge in [-0.1, -0.05) is 6.07 Å². The van der Waals surface area contributed by atoms with Crippen molar-refractivity contribution in [1.82, 2.24) is 4.98 Å². The summed E-state index contributed by atoms with van der Waals surface area (Å²) in [6, 6.07) is 3.72. The van der Waals surface area contributed by atoms with E-state index < -0.39 is 0 Å². The van der Waals surface area contributed by atoms with Gasteiger partial charge in [0.05, 0.1) is 18.3 Å². The van der Waals surface area contributed by atoms with Crippen LogP contribution in [0.15, 0.2) is 18.3 Å². The molecule has 1 aromatic heterocycles. The van der Waals surface area contributed by atoms with E-state index in [9.17, 15) is 0 Å². The highest BCUT2D eigenvalue weighted by atomic mass is 16.3. The van der Waals surface area contributed by atoms with Gasteiger partial charge in [0.15, 0.2) is 0 Å². The largest absolute Gasteiger partial charge is 0.392 e. The first-order chi connectivity index (χ1) is 6.33. The number of pyridine rings is 1. The summed E-state index contributed by atoms with van der Waals surface area (Å²) in [7, 11) is 0. The third-order valence-electron chi connectivity index (χ3n) is 2.54. The molecule has 0 spiro atoms. The van der Waals surface area contributed by atoms with Crippen molar-refractivity contribution in [3.63, 3.8) is 0 Å². The van der Waals surface area contributed by atoms with Crippen molar-refractivity contribution in [2.45, 2.75) is 25.5 Å². The van der Waals surface area contributed by atoms with E-state index >= 15 is 0 Å². The van der Waals surface area contributed by atoms with E-state index in [2.05, 4.69) is 4.98 Å². The Morgan fingerprint density at radius 2 is 2.38 bits per heavy atom. The number of hydrogen-bond acceptors (Lipinski definition) is 3. The second-order valence-electron chi connectivity index (χ2n) is 3.57. The first-order valence-corrected chi connectivity index (χ1v) is 4.63. The van der Waals surface area contributed by atoms with Gasteiger partial charge in [-0.2, -0.15) is 0 Å². The zero-order valence-electron chi connectivity index (χ0n) is 7.48. The summed E-state index contributed by atoms with van der Waals surface area (Å²) >= 11 is 0. The van der Waals surface area contributed by atoms with Crippen LogP contribution in [0.5, 0.6) is 0 Å². The summed E-state index contributed by atoms with van der Waals surface area (Å²) < 4.78 is 0. The molecular weight excluding hydrogens is 164 g/mol. The molecule has 1 aliphatic rings. The van der Waals surface area contributed by atoms with E-state index in [4.69, 9.17) is 10.8 Å². The van der Waals surface area contributed by atoms with Crippen LogP contribution in [-0.4, -0.2) is 10.1 Å². The van der Waals surface area contributed by atoms with Crippen LogP contribution in [0.25, 0.3) is 0 Å². The Hall–Kier alpha value is -0.930. The van der Waals surface area contributed by atoms with Crippen molar-refractivity contribution in [3.8, 4) is 0 Å². The number of nitrogens with two attached hydrogens (primary N) is 1. The Balaban J connectivity index is 2.26. The summed E-state index contributed by atoms with van der Waals surface area (Å²) in [5.74, 6) is 0.584. The standard InChI is InChI=1S/C10H14N2O/c11-9(7-3-4-7)10-8(6-13)2-1-5-12-10/h1-2,5,7,9,13H,3-4,6,11H2/t9-/m1/s1. The van der Waals surface area contributed by atoms with Gasteiger partial charge in [-0.05, 0) is 24.8 Å². The normalized spacial score (nSPS) is 18.6. The molecule has 3 nitrogen and oxygen atoms in total. The van der Waals surface area contributed by atoms with Gasteiger partial charge in [-0.25, -0.2) is 0 Å². The zero-order valence-corrected chi connectivity index (χ0v) is 7.48. The number of aliphatic hydroxyl groups excluding tert-OH is 1. The summed E-state index contributed by atoms with van der Waals surface area (Å²) in [6.07, 6.45) is 4.13. The molecule has 3 N–H and O–H groups in total. The van der Waals surface area contributed by atoms with Gasteiger partial charge >= 0.3 is 0 Å². The first-order valence-electron chi connectivity index (χ1n) is 4.63. The molecular formula is C10H14N2O. The van der Waals surface area contributed by atoms with E-state index in [0.29, 0.717) is 5.92 Å². The van der Waals surface area contributed by atoms with Crippen LogP contribution >= 0.6 is 0 Å². The van der Waals surface area contributed by atoms with Crippen LogP contribution in [0.4, 0.5) is 0 Å². The fraction of sp³-hybridized carbons (Fsp3) is 0.500. The lowest BCUT2D eigenvalue weighted by Crippen LogP contribution is -2.16. The summed E-state index contributed by atoms with van der Waals surface area (Å²) in [5.41, 5.74) is 7.73. The number of hydrogen-bond donors (Lipinski definition) is 2. The molecule has 1 heterocycles. The monoisotopic (exact) mass is 178 g/mol. The molecule has 0 bridgehead atoms. The van der Waals surface area contributed by atoms with Gasteiger partial charge in [0.2, 0.25) is 0 Å². The first kappa shape index (κ1) is 8.66. The van der Waals surface area contributed by atoms with Crippen molar-refractivity contribution in [3.05, 3.63) is 29.6 Å². The topological polar surface area (TPSA) is 59.1 Å². The SMILES string of the molecule is N[C@@H](c1ncccc1CO)C1CC1. The maximum atomic E-state index is 9.07. The molecule has 0 radical (unpaired) electrons.